The van der Waals surface area contributed by atoms with Crippen LogP contribution < -0.4 is 0 Å². The predicted octanol–water partition coefficient (Wildman–Crippen LogP) is 4.95. The van der Waals surface area contributed by atoms with Crippen molar-refractivity contribution in [3.05, 3.63) is 35.4 Å². The first kappa shape index (κ1) is 16.9. The third-order valence-corrected chi connectivity index (χ3v) is 4.89. The van der Waals surface area contributed by atoms with Gasteiger partial charge in [0.05, 0.1) is 11.8 Å². The van der Waals surface area contributed by atoms with Crippen LogP contribution in [0.25, 0.3) is 0 Å². The normalized spacial score (nSPS) is 17.2. The van der Waals surface area contributed by atoms with Gasteiger partial charge in [-0.2, -0.15) is 0 Å². The van der Waals surface area contributed by atoms with Gasteiger partial charge in [-0.15, -0.1) is 0 Å². The molecule has 0 heterocycles. The molecular weight excluding hydrogens is 272 g/mol. The monoisotopic (exact) mass is 300 g/mol. The molecule has 2 heteroatoms. The fourth-order valence-corrected chi connectivity index (χ4v) is 3.45. The molecule has 1 aliphatic carbocycles. The second-order valence-electron chi connectivity index (χ2n) is 7.52. The Morgan fingerprint density at radius 1 is 0.955 bits per heavy atom. The van der Waals surface area contributed by atoms with Gasteiger partial charge in [0.25, 0.3) is 0 Å². The highest BCUT2D eigenvalue weighted by Gasteiger charge is 2.45. The quantitative estimate of drug-likeness (QED) is 0.696. The minimum absolute atomic E-state index is 0.00896. The van der Waals surface area contributed by atoms with Crippen molar-refractivity contribution < 1.29 is 9.59 Å². The summed E-state index contributed by atoms with van der Waals surface area (Å²) in [5.41, 5.74) is 1.31. The van der Waals surface area contributed by atoms with Crippen LogP contribution in [0.2, 0.25) is 0 Å². The molecule has 1 aromatic carbocycles. The van der Waals surface area contributed by atoms with E-state index in [-0.39, 0.29) is 18.0 Å². The molecule has 0 aromatic heterocycles. The van der Waals surface area contributed by atoms with Crippen molar-refractivity contribution in [3.63, 3.8) is 0 Å². The number of hydrogen-bond donors (Lipinski definition) is 0. The van der Waals surface area contributed by atoms with Gasteiger partial charge in [0.2, 0.25) is 0 Å². The summed E-state index contributed by atoms with van der Waals surface area (Å²) in [6.07, 6.45) is 3.84. The first-order chi connectivity index (χ1) is 10.4. The van der Waals surface area contributed by atoms with Crippen molar-refractivity contribution in [1.82, 2.24) is 0 Å². The van der Waals surface area contributed by atoms with Crippen LogP contribution in [-0.2, 0) is 10.2 Å². The number of rotatable bonds is 6. The average Bonchev–Trinajstić information content (AvgIpc) is 2.46. The first-order valence-corrected chi connectivity index (χ1v) is 8.53. The Morgan fingerprint density at radius 2 is 1.50 bits per heavy atom. The third-order valence-electron chi connectivity index (χ3n) is 4.89. The number of benzene rings is 1. The van der Waals surface area contributed by atoms with E-state index in [1.54, 1.807) is 0 Å². The van der Waals surface area contributed by atoms with Crippen LogP contribution in [0.4, 0.5) is 0 Å². The van der Waals surface area contributed by atoms with Crippen molar-refractivity contribution >= 4 is 11.6 Å². The molecule has 0 spiro atoms. The molecule has 0 amide bonds. The minimum atomic E-state index is -0.445. The maximum absolute atomic E-state index is 12.9. The molecule has 22 heavy (non-hydrogen) atoms. The summed E-state index contributed by atoms with van der Waals surface area (Å²) >= 11 is 0. The number of carbonyl (C=O) groups excluding carboxylic acids is 2. The topological polar surface area (TPSA) is 34.1 Å². The van der Waals surface area contributed by atoms with Gasteiger partial charge in [0, 0.05) is 5.56 Å². The van der Waals surface area contributed by atoms with E-state index in [0.29, 0.717) is 11.8 Å². The molecule has 0 saturated heterocycles. The van der Waals surface area contributed by atoms with Gasteiger partial charge in [0.15, 0.2) is 11.6 Å². The zero-order chi connectivity index (χ0) is 16.3. The van der Waals surface area contributed by atoms with Crippen molar-refractivity contribution in [2.75, 3.05) is 0 Å². The van der Waals surface area contributed by atoms with Gasteiger partial charge in [-0.05, 0) is 43.1 Å². The largest absolute Gasteiger partial charge is 0.298 e. The summed E-state index contributed by atoms with van der Waals surface area (Å²) in [6.45, 7) is 8.78. The Kier molecular flexibility index (Phi) is 5.20. The summed E-state index contributed by atoms with van der Waals surface area (Å²) in [5, 5.41) is 0. The average molecular weight is 300 g/mol. The van der Waals surface area contributed by atoms with Crippen LogP contribution in [-0.4, -0.2) is 11.6 Å². The van der Waals surface area contributed by atoms with Crippen LogP contribution in [0.5, 0.6) is 0 Å². The highest BCUT2D eigenvalue weighted by molar-refractivity contribution is 6.16. The maximum Gasteiger partial charge on any atom is 0.170 e. The van der Waals surface area contributed by atoms with Gasteiger partial charge in [-0.3, -0.25) is 9.59 Å². The second-order valence-corrected chi connectivity index (χ2v) is 7.52. The van der Waals surface area contributed by atoms with Gasteiger partial charge in [-0.1, -0.05) is 52.0 Å². The molecule has 0 fully saturated rings. The fourth-order valence-electron chi connectivity index (χ4n) is 3.45. The lowest BCUT2D eigenvalue weighted by Gasteiger charge is -2.38. The number of ketones is 2. The lowest BCUT2D eigenvalue weighted by molar-refractivity contribution is -0.125. The summed E-state index contributed by atoms with van der Waals surface area (Å²) in [4.78, 5) is 25.1. The van der Waals surface area contributed by atoms with E-state index in [1.807, 2.05) is 24.3 Å². The Balaban J connectivity index is 2.46. The molecular formula is C20H28O2. The zero-order valence-corrected chi connectivity index (χ0v) is 14.3. The molecule has 0 atom stereocenters. The standard InChI is InChI=1S/C20H28O2/c1-14(2)9-11-20(12-10-15(3)4)17-8-6-5-7-16(17)18(21)13-19(20)22/h5-8,14-15H,9-13H2,1-4H3. The summed E-state index contributed by atoms with van der Waals surface area (Å²) in [7, 11) is 0. The molecule has 0 bridgehead atoms. The molecule has 120 valence electrons. The minimum Gasteiger partial charge on any atom is -0.298 e. The lowest BCUT2D eigenvalue weighted by atomic mass is 9.63. The lowest BCUT2D eigenvalue weighted by Crippen LogP contribution is -2.42. The van der Waals surface area contributed by atoms with E-state index < -0.39 is 5.41 Å². The molecule has 2 rings (SSSR count). The van der Waals surface area contributed by atoms with Crippen molar-refractivity contribution in [1.29, 1.82) is 0 Å². The first-order valence-electron chi connectivity index (χ1n) is 8.53. The Bertz CT molecular complexity index is 543. The molecule has 0 aliphatic heterocycles. The van der Waals surface area contributed by atoms with Gasteiger partial charge in [0.1, 0.15) is 0 Å². The predicted molar refractivity (Wildman–Crippen MR) is 90.2 cm³/mol. The summed E-state index contributed by atoms with van der Waals surface area (Å²) < 4.78 is 0. The highest BCUT2D eigenvalue weighted by Crippen LogP contribution is 2.43. The second kappa shape index (κ2) is 6.76. The SMILES string of the molecule is CC(C)CCC1(CCC(C)C)C(=O)CC(=O)c2ccccc21. The van der Waals surface area contributed by atoms with Crippen molar-refractivity contribution in [2.45, 2.75) is 65.2 Å². The molecule has 0 N–H and O–H groups in total. The number of hydrogen-bond acceptors (Lipinski definition) is 2. The Hall–Kier alpha value is -1.44. The third kappa shape index (κ3) is 3.31. The van der Waals surface area contributed by atoms with Crippen LogP contribution in [0, 0.1) is 11.8 Å². The molecule has 0 radical (unpaired) electrons. The Labute approximate surface area is 134 Å². The van der Waals surface area contributed by atoms with Crippen molar-refractivity contribution in [3.8, 4) is 0 Å². The smallest absolute Gasteiger partial charge is 0.170 e. The van der Waals surface area contributed by atoms with Gasteiger partial charge >= 0.3 is 0 Å². The number of Topliss-reactive ketones (excluding diaryl/α,β-unsaturated/α-hetero) is 2. The van der Waals surface area contributed by atoms with E-state index in [2.05, 4.69) is 27.7 Å². The van der Waals surface area contributed by atoms with Crippen LogP contribution in [0.15, 0.2) is 24.3 Å². The molecule has 1 aromatic rings. The highest BCUT2D eigenvalue weighted by atomic mass is 16.2. The Morgan fingerprint density at radius 3 is 2.05 bits per heavy atom. The summed E-state index contributed by atoms with van der Waals surface area (Å²) in [6, 6.07) is 7.76. The van der Waals surface area contributed by atoms with Crippen LogP contribution in [0.3, 0.4) is 0 Å². The van der Waals surface area contributed by atoms with E-state index in [0.717, 1.165) is 36.8 Å². The van der Waals surface area contributed by atoms with Gasteiger partial charge in [-0.25, -0.2) is 0 Å². The van der Waals surface area contributed by atoms with Gasteiger partial charge < -0.3 is 0 Å². The van der Waals surface area contributed by atoms with E-state index >= 15 is 0 Å². The molecule has 0 saturated carbocycles. The molecule has 1 aliphatic rings. The van der Waals surface area contributed by atoms with E-state index in [1.165, 1.54) is 0 Å². The van der Waals surface area contributed by atoms with Crippen LogP contribution >= 0.6 is 0 Å². The maximum atomic E-state index is 12.9. The number of carbonyl (C=O) groups is 2. The van der Waals surface area contributed by atoms with Crippen LogP contribution in [0.1, 0.15) is 75.7 Å². The molecule has 2 nitrogen and oxygen atoms in total. The summed E-state index contributed by atoms with van der Waals surface area (Å²) in [5.74, 6) is 1.25. The zero-order valence-electron chi connectivity index (χ0n) is 14.3. The van der Waals surface area contributed by atoms with E-state index in [9.17, 15) is 9.59 Å². The van der Waals surface area contributed by atoms with Crippen molar-refractivity contribution in [2.24, 2.45) is 11.8 Å². The van der Waals surface area contributed by atoms with E-state index in [4.69, 9.17) is 0 Å². The molecule has 0 unspecified atom stereocenters. The fraction of sp³-hybridized carbons (Fsp3) is 0.600. The number of fused-ring (bicyclic) bond motifs is 1.